The molecule has 0 spiro atoms. The number of benzene rings is 2. The van der Waals surface area contributed by atoms with Gasteiger partial charge in [0.2, 0.25) is 0 Å². The molecule has 0 aliphatic heterocycles. The van der Waals surface area contributed by atoms with Crippen LogP contribution in [-0.4, -0.2) is 10.1 Å². The number of hydrogen-bond acceptors (Lipinski definition) is 1. The van der Waals surface area contributed by atoms with E-state index in [0.29, 0.717) is 6.42 Å². The van der Waals surface area contributed by atoms with Crippen LogP contribution in [0.2, 0.25) is 0 Å². The molecule has 0 fully saturated rings. The van der Waals surface area contributed by atoms with Gasteiger partial charge in [0.25, 0.3) is 0 Å². The van der Waals surface area contributed by atoms with E-state index in [2.05, 4.69) is 47.4 Å². The van der Waals surface area contributed by atoms with Crippen molar-refractivity contribution >= 4 is 10.9 Å². The Labute approximate surface area is 118 Å². The molecule has 1 atom stereocenters. The molecule has 0 bridgehead atoms. The van der Waals surface area contributed by atoms with Crippen molar-refractivity contribution in [1.82, 2.24) is 4.98 Å². The minimum absolute atomic E-state index is 0.702. The molecular weight excluding hydrogens is 246 g/mol. The highest BCUT2D eigenvalue weighted by atomic mass is 16.3. The van der Waals surface area contributed by atoms with Crippen molar-refractivity contribution in [2.24, 2.45) is 0 Å². The van der Waals surface area contributed by atoms with E-state index in [1.807, 2.05) is 12.3 Å². The van der Waals surface area contributed by atoms with Crippen molar-refractivity contribution in [1.29, 1.82) is 0 Å². The van der Waals surface area contributed by atoms with Crippen LogP contribution in [0.25, 0.3) is 10.9 Å². The van der Waals surface area contributed by atoms with Gasteiger partial charge in [-0.2, -0.15) is 0 Å². The summed E-state index contributed by atoms with van der Waals surface area (Å²) in [5, 5.41) is 12.3. The monoisotopic (exact) mass is 263 g/mol. The lowest BCUT2D eigenvalue weighted by molar-refractivity contribution is 0.0237. The Morgan fingerprint density at radius 3 is 2.70 bits per heavy atom. The number of fused-ring (bicyclic) bond motifs is 2. The summed E-state index contributed by atoms with van der Waals surface area (Å²) < 4.78 is 0. The van der Waals surface area contributed by atoms with E-state index in [1.54, 1.807) is 0 Å². The van der Waals surface area contributed by atoms with Crippen LogP contribution in [-0.2, 0) is 18.4 Å². The summed E-state index contributed by atoms with van der Waals surface area (Å²) in [7, 11) is 0. The van der Waals surface area contributed by atoms with Crippen molar-refractivity contribution in [2.45, 2.75) is 24.9 Å². The summed E-state index contributed by atoms with van der Waals surface area (Å²) in [6, 6.07) is 16.6. The molecule has 0 amide bonds. The fraction of sp³-hybridized carbons (Fsp3) is 0.222. The van der Waals surface area contributed by atoms with Crippen molar-refractivity contribution in [2.75, 3.05) is 0 Å². The minimum Gasteiger partial charge on any atom is -0.385 e. The first kappa shape index (κ1) is 11.7. The van der Waals surface area contributed by atoms with Gasteiger partial charge in [0.15, 0.2) is 0 Å². The van der Waals surface area contributed by atoms with E-state index in [4.69, 9.17) is 0 Å². The molecule has 1 heterocycles. The van der Waals surface area contributed by atoms with E-state index in [1.165, 1.54) is 11.1 Å². The van der Waals surface area contributed by atoms with Crippen LogP contribution in [0.1, 0.15) is 23.1 Å². The fourth-order valence-electron chi connectivity index (χ4n) is 3.44. The van der Waals surface area contributed by atoms with Gasteiger partial charge in [0.05, 0.1) is 5.60 Å². The highest BCUT2D eigenvalue weighted by Gasteiger charge is 2.34. The van der Waals surface area contributed by atoms with E-state index >= 15 is 0 Å². The van der Waals surface area contributed by atoms with Gasteiger partial charge in [-0.1, -0.05) is 36.4 Å². The van der Waals surface area contributed by atoms with E-state index in [9.17, 15) is 5.11 Å². The number of aryl methyl sites for hydroxylation is 1. The molecule has 4 rings (SSSR count). The standard InChI is InChI=1S/C18H17NO/c20-18(10-8-13-4-1-2-5-14(13)12-18)16-6-3-7-17-15(16)9-11-19-17/h1-7,9,11,19-20H,8,10,12H2. The molecule has 2 nitrogen and oxygen atoms in total. The normalized spacial score (nSPS) is 21.9. The van der Waals surface area contributed by atoms with E-state index in [-0.39, 0.29) is 0 Å². The average Bonchev–Trinajstić information content (AvgIpc) is 2.95. The van der Waals surface area contributed by atoms with Gasteiger partial charge in [-0.05, 0) is 41.7 Å². The third-order valence-corrected chi connectivity index (χ3v) is 4.51. The highest BCUT2D eigenvalue weighted by molar-refractivity contribution is 5.83. The third-order valence-electron chi connectivity index (χ3n) is 4.51. The van der Waals surface area contributed by atoms with Crippen molar-refractivity contribution in [3.63, 3.8) is 0 Å². The van der Waals surface area contributed by atoms with Crippen molar-refractivity contribution in [3.8, 4) is 0 Å². The maximum Gasteiger partial charge on any atom is 0.0946 e. The molecule has 2 aromatic carbocycles. The molecule has 1 aliphatic carbocycles. The zero-order chi connectivity index (χ0) is 13.6. The van der Waals surface area contributed by atoms with Crippen LogP contribution >= 0.6 is 0 Å². The molecular formula is C18H17NO. The molecule has 20 heavy (non-hydrogen) atoms. The summed E-state index contributed by atoms with van der Waals surface area (Å²) >= 11 is 0. The second kappa shape index (κ2) is 4.22. The largest absolute Gasteiger partial charge is 0.385 e. The van der Waals surface area contributed by atoms with Gasteiger partial charge in [-0.3, -0.25) is 0 Å². The SMILES string of the molecule is OC1(c2cccc3[nH]ccc23)CCc2ccccc2C1. The van der Waals surface area contributed by atoms with Crippen LogP contribution in [0.5, 0.6) is 0 Å². The number of nitrogens with one attached hydrogen (secondary N) is 1. The van der Waals surface area contributed by atoms with Crippen LogP contribution < -0.4 is 0 Å². The summed E-state index contributed by atoms with van der Waals surface area (Å²) in [6.45, 7) is 0. The molecule has 0 saturated heterocycles. The Hall–Kier alpha value is -2.06. The van der Waals surface area contributed by atoms with Gasteiger partial charge < -0.3 is 10.1 Å². The Kier molecular flexibility index (Phi) is 2.48. The molecule has 3 aromatic rings. The summed E-state index contributed by atoms with van der Waals surface area (Å²) in [6.07, 6.45) is 4.36. The molecule has 2 N–H and O–H groups in total. The lowest BCUT2D eigenvalue weighted by Crippen LogP contribution is -2.33. The molecule has 0 radical (unpaired) electrons. The Balaban J connectivity index is 1.84. The first-order valence-electron chi connectivity index (χ1n) is 7.12. The first-order valence-corrected chi connectivity index (χ1v) is 7.12. The molecule has 100 valence electrons. The highest BCUT2D eigenvalue weighted by Crippen LogP contribution is 2.39. The lowest BCUT2D eigenvalue weighted by Gasteiger charge is -2.34. The fourth-order valence-corrected chi connectivity index (χ4v) is 3.44. The number of rotatable bonds is 1. The molecule has 2 heteroatoms. The number of aliphatic hydroxyl groups is 1. The lowest BCUT2D eigenvalue weighted by atomic mass is 9.75. The van der Waals surface area contributed by atoms with Gasteiger partial charge in [0, 0.05) is 23.5 Å². The summed E-state index contributed by atoms with van der Waals surface area (Å²) in [5.41, 5.74) is 4.03. The number of hydrogen-bond donors (Lipinski definition) is 2. The first-order chi connectivity index (χ1) is 9.76. The number of aromatic amines is 1. The van der Waals surface area contributed by atoms with Crippen molar-refractivity contribution in [3.05, 3.63) is 71.4 Å². The average molecular weight is 263 g/mol. The molecule has 1 aliphatic rings. The van der Waals surface area contributed by atoms with Gasteiger partial charge in [-0.25, -0.2) is 0 Å². The second-order valence-corrected chi connectivity index (χ2v) is 5.72. The molecule has 1 aromatic heterocycles. The van der Waals surface area contributed by atoms with Gasteiger partial charge >= 0.3 is 0 Å². The smallest absolute Gasteiger partial charge is 0.0946 e. The number of aromatic nitrogens is 1. The van der Waals surface area contributed by atoms with Crippen LogP contribution in [0.4, 0.5) is 0 Å². The van der Waals surface area contributed by atoms with E-state index < -0.39 is 5.60 Å². The Morgan fingerprint density at radius 2 is 1.80 bits per heavy atom. The zero-order valence-electron chi connectivity index (χ0n) is 11.3. The second-order valence-electron chi connectivity index (χ2n) is 5.72. The molecule has 1 unspecified atom stereocenters. The van der Waals surface area contributed by atoms with E-state index in [0.717, 1.165) is 29.3 Å². The Morgan fingerprint density at radius 1 is 0.950 bits per heavy atom. The van der Waals surface area contributed by atoms with Crippen LogP contribution in [0.15, 0.2) is 54.7 Å². The maximum absolute atomic E-state index is 11.2. The maximum atomic E-state index is 11.2. The summed E-state index contributed by atoms with van der Waals surface area (Å²) in [5.74, 6) is 0. The van der Waals surface area contributed by atoms with Crippen LogP contribution in [0.3, 0.4) is 0 Å². The zero-order valence-corrected chi connectivity index (χ0v) is 11.3. The van der Waals surface area contributed by atoms with Gasteiger partial charge in [-0.15, -0.1) is 0 Å². The minimum atomic E-state index is -0.754. The molecule has 0 saturated carbocycles. The predicted molar refractivity (Wildman–Crippen MR) is 80.7 cm³/mol. The van der Waals surface area contributed by atoms with Crippen LogP contribution in [0, 0.1) is 0 Å². The summed E-state index contributed by atoms with van der Waals surface area (Å²) in [4.78, 5) is 3.22. The van der Waals surface area contributed by atoms with Gasteiger partial charge in [0.1, 0.15) is 0 Å². The number of H-pyrrole nitrogens is 1. The quantitative estimate of drug-likeness (QED) is 0.692. The topological polar surface area (TPSA) is 36.0 Å². The van der Waals surface area contributed by atoms with Crippen molar-refractivity contribution < 1.29 is 5.11 Å². The third kappa shape index (κ3) is 1.69. The Bertz CT molecular complexity index is 774. The predicted octanol–water partition coefficient (Wildman–Crippen LogP) is 3.54.